The zero-order chi connectivity index (χ0) is 14.4. The van der Waals surface area contributed by atoms with Crippen LogP contribution in [0.4, 0.5) is 0 Å². The molecule has 0 radical (unpaired) electrons. The van der Waals surface area contributed by atoms with E-state index in [0.29, 0.717) is 6.54 Å². The van der Waals surface area contributed by atoms with Gasteiger partial charge in [-0.05, 0) is 35.2 Å². The molecule has 0 spiro atoms. The van der Waals surface area contributed by atoms with E-state index >= 15 is 0 Å². The van der Waals surface area contributed by atoms with Gasteiger partial charge in [-0.1, -0.05) is 18.2 Å². The first-order chi connectivity index (χ1) is 9.59. The van der Waals surface area contributed by atoms with Gasteiger partial charge in [0.2, 0.25) is 10.0 Å². The highest BCUT2D eigenvalue weighted by molar-refractivity contribution is 7.92. The van der Waals surface area contributed by atoms with Crippen LogP contribution in [0.15, 0.2) is 47.2 Å². The molecule has 0 fully saturated rings. The third-order valence-corrected chi connectivity index (χ3v) is 4.50. The summed E-state index contributed by atoms with van der Waals surface area (Å²) in [5, 5.41) is 3.08. The Morgan fingerprint density at radius 2 is 2.00 bits per heavy atom. The second kappa shape index (κ2) is 6.69. The molecule has 20 heavy (non-hydrogen) atoms. The van der Waals surface area contributed by atoms with Crippen LogP contribution in [0.3, 0.4) is 0 Å². The molecule has 0 aliphatic rings. The normalized spacial score (nSPS) is 11.8. The Morgan fingerprint density at radius 3 is 2.60 bits per heavy atom. The van der Waals surface area contributed by atoms with E-state index in [4.69, 9.17) is 4.74 Å². The number of methoxy groups -OCH3 is 1. The number of hydrogen-bond donors (Lipinski definition) is 1. The molecule has 0 bridgehead atoms. The van der Waals surface area contributed by atoms with E-state index in [1.165, 1.54) is 16.7 Å². The van der Waals surface area contributed by atoms with Crippen LogP contribution in [0.2, 0.25) is 0 Å². The van der Waals surface area contributed by atoms with Crippen molar-refractivity contribution in [1.29, 1.82) is 0 Å². The number of rotatable bonds is 6. The lowest BCUT2D eigenvalue weighted by molar-refractivity contribution is 0.415. The highest BCUT2D eigenvalue weighted by Gasteiger charge is 2.05. The summed E-state index contributed by atoms with van der Waals surface area (Å²) < 4.78 is 31.2. The van der Waals surface area contributed by atoms with Crippen LogP contribution in [-0.4, -0.2) is 15.5 Å². The van der Waals surface area contributed by atoms with E-state index in [1.54, 1.807) is 37.5 Å². The van der Waals surface area contributed by atoms with Crippen molar-refractivity contribution < 1.29 is 13.2 Å². The van der Waals surface area contributed by atoms with Gasteiger partial charge in [0.1, 0.15) is 5.75 Å². The van der Waals surface area contributed by atoms with Gasteiger partial charge in [0.05, 0.1) is 7.11 Å². The Bertz CT molecular complexity index is 659. The Kier molecular flexibility index (Phi) is 4.94. The second-order valence-electron chi connectivity index (χ2n) is 4.02. The third kappa shape index (κ3) is 4.48. The van der Waals surface area contributed by atoms with E-state index in [0.717, 1.165) is 16.2 Å². The summed E-state index contributed by atoms with van der Waals surface area (Å²) in [5.74, 6) is 0.737. The number of benzene rings is 1. The molecule has 0 saturated heterocycles. The minimum Gasteiger partial charge on any atom is -0.497 e. The number of nitrogens with one attached hydrogen (secondary N) is 1. The van der Waals surface area contributed by atoms with Gasteiger partial charge in [-0.3, -0.25) is 0 Å². The smallest absolute Gasteiger partial charge is 0.234 e. The Hall–Kier alpha value is -1.63. The topological polar surface area (TPSA) is 55.4 Å². The molecule has 106 valence electrons. The molecule has 6 heteroatoms. The first-order valence-electron chi connectivity index (χ1n) is 5.93. The molecule has 2 aromatic rings. The fourth-order valence-corrected chi connectivity index (χ4v) is 3.04. The highest BCUT2D eigenvalue weighted by Crippen LogP contribution is 2.13. The third-order valence-electron chi connectivity index (χ3n) is 2.58. The molecule has 1 N–H and O–H groups in total. The van der Waals surface area contributed by atoms with Gasteiger partial charge < -0.3 is 4.74 Å². The zero-order valence-electron chi connectivity index (χ0n) is 10.9. The van der Waals surface area contributed by atoms with E-state index in [-0.39, 0.29) is 0 Å². The minimum absolute atomic E-state index is 0.312. The standard InChI is InChI=1S/C14H15NO3S2/c1-18-13-6-4-12(5-7-13)8-10-20(16,17)15-11-14-3-2-9-19-14/h2-10,15H,11H2,1H3/b10-8+. The maximum absolute atomic E-state index is 11.8. The number of ether oxygens (including phenoxy) is 1. The molecule has 0 unspecified atom stereocenters. The Balaban J connectivity index is 1.97. The van der Waals surface area contributed by atoms with Gasteiger partial charge in [-0.15, -0.1) is 11.3 Å². The van der Waals surface area contributed by atoms with Crippen molar-refractivity contribution in [2.75, 3.05) is 7.11 Å². The molecule has 0 atom stereocenters. The van der Waals surface area contributed by atoms with Crippen molar-refractivity contribution >= 4 is 27.4 Å². The highest BCUT2D eigenvalue weighted by atomic mass is 32.2. The summed E-state index contributed by atoms with van der Waals surface area (Å²) in [5.41, 5.74) is 0.798. The van der Waals surface area contributed by atoms with Gasteiger partial charge in [0.25, 0.3) is 0 Å². The maximum Gasteiger partial charge on any atom is 0.234 e. The van der Waals surface area contributed by atoms with Crippen LogP contribution in [0.25, 0.3) is 6.08 Å². The molecule has 0 amide bonds. The Labute approximate surface area is 122 Å². The molecule has 1 heterocycles. The minimum atomic E-state index is -3.43. The van der Waals surface area contributed by atoms with Crippen LogP contribution in [0, 0.1) is 0 Å². The molecule has 2 rings (SSSR count). The fraction of sp³-hybridized carbons (Fsp3) is 0.143. The van der Waals surface area contributed by atoms with Crippen molar-refractivity contribution in [3.05, 3.63) is 57.6 Å². The van der Waals surface area contributed by atoms with Crippen molar-refractivity contribution in [3.63, 3.8) is 0 Å². The van der Waals surface area contributed by atoms with Gasteiger partial charge in [0.15, 0.2) is 0 Å². The lowest BCUT2D eigenvalue weighted by Gasteiger charge is -2.01. The lowest BCUT2D eigenvalue weighted by atomic mass is 10.2. The lowest BCUT2D eigenvalue weighted by Crippen LogP contribution is -2.19. The first-order valence-corrected chi connectivity index (χ1v) is 8.36. The van der Waals surface area contributed by atoms with Crippen LogP contribution < -0.4 is 9.46 Å². The fourth-order valence-electron chi connectivity index (χ4n) is 1.52. The van der Waals surface area contributed by atoms with Gasteiger partial charge in [0, 0.05) is 16.8 Å². The summed E-state index contributed by atoms with van der Waals surface area (Å²) in [7, 11) is -1.84. The molecular formula is C14H15NO3S2. The molecule has 1 aromatic heterocycles. The summed E-state index contributed by atoms with van der Waals surface area (Å²) in [6, 6.07) is 10.9. The first kappa shape index (κ1) is 14.8. The number of hydrogen-bond acceptors (Lipinski definition) is 4. The van der Waals surface area contributed by atoms with Crippen molar-refractivity contribution in [2.45, 2.75) is 6.54 Å². The summed E-state index contributed by atoms with van der Waals surface area (Å²) in [6.45, 7) is 0.312. The molecule has 0 aliphatic heterocycles. The van der Waals surface area contributed by atoms with E-state index in [2.05, 4.69) is 4.72 Å². The monoisotopic (exact) mass is 309 g/mol. The quantitative estimate of drug-likeness (QED) is 0.892. The van der Waals surface area contributed by atoms with Crippen LogP contribution >= 0.6 is 11.3 Å². The molecule has 4 nitrogen and oxygen atoms in total. The predicted molar refractivity (Wildman–Crippen MR) is 82.1 cm³/mol. The molecular weight excluding hydrogens is 294 g/mol. The van der Waals surface area contributed by atoms with Gasteiger partial charge in [-0.25, -0.2) is 13.1 Å². The average molecular weight is 309 g/mol. The van der Waals surface area contributed by atoms with Crippen molar-refractivity contribution in [1.82, 2.24) is 4.72 Å². The number of thiophene rings is 1. The largest absolute Gasteiger partial charge is 0.497 e. The molecule has 0 aliphatic carbocycles. The molecule has 1 aromatic carbocycles. The molecule has 0 saturated carbocycles. The Morgan fingerprint density at radius 1 is 1.25 bits per heavy atom. The summed E-state index contributed by atoms with van der Waals surface area (Å²) in [6.07, 6.45) is 1.55. The second-order valence-corrected chi connectivity index (χ2v) is 6.70. The van der Waals surface area contributed by atoms with E-state index in [9.17, 15) is 8.42 Å². The van der Waals surface area contributed by atoms with Crippen LogP contribution in [-0.2, 0) is 16.6 Å². The maximum atomic E-state index is 11.8. The van der Waals surface area contributed by atoms with Gasteiger partial charge in [-0.2, -0.15) is 0 Å². The average Bonchev–Trinajstić information content (AvgIpc) is 2.97. The van der Waals surface area contributed by atoms with Gasteiger partial charge >= 0.3 is 0 Å². The van der Waals surface area contributed by atoms with Crippen LogP contribution in [0.5, 0.6) is 5.75 Å². The predicted octanol–water partition coefficient (Wildman–Crippen LogP) is 2.85. The van der Waals surface area contributed by atoms with Crippen LogP contribution in [0.1, 0.15) is 10.4 Å². The van der Waals surface area contributed by atoms with Crippen molar-refractivity contribution in [3.8, 4) is 5.75 Å². The van der Waals surface area contributed by atoms with E-state index < -0.39 is 10.0 Å². The number of sulfonamides is 1. The van der Waals surface area contributed by atoms with E-state index in [1.807, 2.05) is 17.5 Å². The van der Waals surface area contributed by atoms with Crippen molar-refractivity contribution in [2.24, 2.45) is 0 Å². The summed E-state index contributed by atoms with van der Waals surface area (Å²) in [4.78, 5) is 0.978. The zero-order valence-corrected chi connectivity index (χ0v) is 12.6. The summed E-state index contributed by atoms with van der Waals surface area (Å²) >= 11 is 1.52. The SMILES string of the molecule is COc1ccc(/C=C/S(=O)(=O)NCc2cccs2)cc1.